The van der Waals surface area contributed by atoms with Crippen LogP contribution in [0.5, 0.6) is 0 Å². The van der Waals surface area contributed by atoms with E-state index in [1.807, 2.05) is 30.3 Å². The molecule has 108 valence electrons. The highest BCUT2D eigenvalue weighted by Crippen LogP contribution is 2.11. The Labute approximate surface area is 121 Å². The standard InChI is InChI=1S/C14H23N3O.ClH/c1-11(2)13(9-16-14(18)10-15-3)17-12-7-5-4-6-8-12;/h4-8,11,13,15,17H,9-10H2,1-3H3,(H,16,18);1H. The third-order valence-corrected chi connectivity index (χ3v) is 2.79. The number of para-hydroxylation sites is 1. The Morgan fingerprint density at radius 1 is 1.21 bits per heavy atom. The van der Waals surface area contributed by atoms with E-state index in [1.165, 1.54) is 0 Å². The van der Waals surface area contributed by atoms with E-state index in [9.17, 15) is 4.79 Å². The lowest BCUT2D eigenvalue weighted by atomic mass is 10.0. The lowest BCUT2D eigenvalue weighted by molar-refractivity contribution is -0.120. The van der Waals surface area contributed by atoms with Crippen LogP contribution in [-0.4, -0.2) is 32.1 Å². The number of nitrogens with one attached hydrogen (secondary N) is 3. The molecule has 1 rings (SSSR count). The van der Waals surface area contributed by atoms with E-state index >= 15 is 0 Å². The summed E-state index contributed by atoms with van der Waals surface area (Å²) >= 11 is 0. The Hall–Kier alpha value is -1.26. The quantitative estimate of drug-likeness (QED) is 0.717. The zero-order chi connectivity index (χ0) is 13.4. The molecule has 0 spiro atoms. The van der Waals surface area contributed by atoms with Crippen molar-refractivity contribution < 1.29 is 4.79 Å². The third kappa shape index (κ3) is 7.03. The predicted molar refractivity (Wildman–Crippen MR) is 82.9 cm³/mol. The van der Waals surface area contributed by atoms with Crippen molar-refractivity contribution in [2.45, 2.75) is 19.9 Å². The van der Waals surface area contributed by atoms with Crippen LogP contribution < -0.4 is 16.0 Å². The van der Waals surface area contributed by atoms with E-state index in [-0.39, 0.29) is 24.4 Å². The first kappa shape index (κ1) is 17.7. The summed E-state index contributed by atoms with van der Waals surface area (Å²) in [5, 5.41) is 9.20. The summed E-state index contributed by atoms with van der Waals surface area (Å²) < 4.78 is 0. The highest BCUT2D eigenvalue weighted by molar-refractivity contribution is 5.85. The molecule has 0 heterocycles. The molecule has 0 aliphatic rings. The molecule has 1 aromatic rings. The van der Waals surface area contributed by atoms with Gasteiger partial charge in [-0.05, 0) is 25.1 Å². The van der Waals surface area contributed by atoms with Gasteiger partial charge in [-0.25, -0.2) is 0 Å². The summed E-state index contributed by atoms with van der Waals surface area (Å²) in [6, 6.07) is 10.3. The Balaban J connectivity index is 0.00000324. The minimum Gasteiger partial charge on any atom is -0.380 e. The first-order chi connectivity index (χ1) is 8.63. The predicted octanol–water partition coefficient (Wildman–Crippen LogP) is 1.88. The van der Waals surface area contributed by atoms with Gasteiger partial charge in [0.15, 0.2) is 0 Å². The number of carbonyl (C=O) groups excluding carboxylic acids is 1. The maximum absolute atomic E-state index is 11.4. The number of hydrogen-bond acceptors (Lipinski definition) is 3. The topological polar surface area (TPSA) is 53.2 Å². The molecule has 0 saturated carbocycles. The molecule has 1 aromatic carbocycles. The van der Waals surface area contributed by atoms with Gasteiger partial charge in [0, 0.05) is 18.3 Å². The van der Waals surface area contributed by atoms with Gasteiger partial charge >= 0.3 is 0 Å². The van der Waals surface area contributed by atoms with Gasteiger partial charge in [-0.1, -0.05) is 32.0 Å². The fourth-order valence-electron chi connectivity index (χ4n) is 1.65. The zero-order valence-corrected chi connectivity index (χ0v) is 12.6. The molecule has 0 fully saturated rings. The second kappa shape index (κ2) is 9.64. The van der Waals surface area contributed by atoms with Crippen LogP contribution in [0.1, 0.15) is 13.8 Å². The van der Waals surface area contributed by atoms with Crippen molar-refractivity contribution in [1.82, 2.24) is 10.6 Å². The molecule has 4 nitrogen and oxygen atoms in total. The number of benzene rings is 1. The van der Waals surface area contributed by atoms with Gasteiger partial charge in [-0.15, -0.1) is 12.4 Å². The molecule has 1 unspecified atom stereocenters. The van der Waals surface area contributed by atoms with Crippen LogP contribution >= 0.6 is 12.4 Å². The number of halogens is 1. The largest absolute Gasteiger partial charge is 0.380 e. The maximum Gasteiger partial charge on any atom is 0.234 e. The van der Waals surface area contributed by atoms with Gasteiger partial charge in [-0.2, -0.15) is 0 Å². The highest BCUT2D eigenvalue weighted by Gasteiger charge is 2.13. The number of anilines is 1. The second-order valence-corrected chi connectivity index (χ2v) is 4.70. The molecule has 5 heteroatoms. The number of likely N-dealkylation sites (N-methyl/N-ethyl adjacent to an activating group) is 1. The average molecular weight is 286 g/mol. The van der Waals surface area contributed by atoms with Gasteiger partial charge in [0.1, 0.15) is 0 Å². The lowest BCUT2D eigenvalue weighted by Gasteiger charge is -2.24. The molecule has 0 radical (unpaired) electrons. The summed E-state index contributed by atoms with van der Waals surface area (Å²) in [5.74, 6) is 0.470. The summed E-state index contributed by atoms with van der Waals surface area (Å²) in [7, 11) is 1.77. The highest BCUT2D eigenvalue weighted by atomic mass is 35.5. The Morgan fingerprint density at radius 2 is 1.84 bits per heavy atom. The summed E-state index contributed by atoms with van der Waals surface area (Å²) in [5.41, 5.74) is 1.08. The molecule has 0 aromatic heterocycles. The summed E-state index contributed by atoms with van der Waals surface area (Å²) in [6.45, 7) is 5.28. The van der Waals surface area contributed by atoms with E-state index < -0.39 is 0 Å². The normalized spacial score (nSPS) is 11.6. The van der Waals surface area contributed by atoms with Gasteiger partial charge < -0.3 is 16.0 Å². The van der Waals surface area contributed by atoms with Crippen molar-refractivity contribution in [2.24, 2.45) is 5.92 Å². The number of hydrogen-bond donors (Lipinski definition) is 3. The Morgan fingerprint density at radius 3 is 2.37 bits per heavy atom. The van der Waals surface area contributed by atoms with E-state index in [2.05, 4.69) is 29.8 Å². The Bertz CT molecular complexity index is 357. The molecule has 1 atom stereocenters. The SMILES string of the molecule is CNCC(=O)NCC(Nc1ccccc1)C(C)C.Cl. The minimum absolute atomic E-state index is 0. The smallest absolute Gasteiger partial charge is 0.234 e. The van der Waals surface area contributed by atoms with E-state index in [0.29, 0.717) is 19.0 Å². The number of carbonyl (C=O) groups is 1. The van der Waals surface area contributed by atoms with Crippen LogP contribution in [0.15, 0.2) is 30.3 Å². The van der Waals surface area contributed by atoms with Crippen LogP contribution in [0.25, 0.3) is 0 Å². The molecule has 0 bridgehead atoms. The molecule has 1 amide bonds. The van der Waals surface area contributed by atoms with Crippen molar-refractivity contribution >= 4 is 24.0 Å². The van der Waals surface area contributed by atoms with Gasteiger partial charge in [0.05, 0.1) is 6.54 Å². The maximum atomic E-state index is 11.4. The van der Waals surface area contributed by atoms with Crippen LogP contribution in [0.4, 0.5) is 5.69 Å². The molecule has 3 N–H and O–H groups in total. The van der Waals surface area contributed by atoms with Gasteiger partial charge in [0.25, 0.3) is 0 Å². The minimum atomic E-state index is 0. The van der Waals surface area contributed by atoms with Crippen LogP contribution in [0.2, 0.25) is 0 Å². The summed E-state index contributed by atoms with van der Waals surface area (Å²) in [6.07, 6.45) is 0. The average Bonchev–Trinajstić information content (AvgIpc) is 2.35. The monoisotopic (exact) mass is 285 g/mol. The fourth-order valence-corrected chi connectivity index (χ4v) is 1.65. The molecule has 0 aliphatic heterocycles. The van der Waals surface area contributed by atoms with Crippen molar-refractivity contribution in [2.75, 3.05) is 25.5 Å². The van der Waals surface area contributed by atoms with Crippen molar-refractivity contribution in [1.29, 1.82) is 0 Å². The zero-order valence-electron chi connectivity index (χ0n) is 11.8. The summed E-state index contributed by atoms with van der Waals surface area (Å²) in [4.78, 5) is 11.4. The fraction of sp³-hybridized carbons (Fsp3) is 0.500. The molecule has 0 saturated heterocycles. The van der Waals surface area contributed by atoms with Crippen LogP contribution in [0, 0.1) is 5.92 Å². The molecular formula is C14H24ClN3O. The lowest BCUT2D eigenvalue weighted by Crippen LogP contribution is -2.42. The van der Waals surface area contributed by atoms with E-state index in [1.54, 1.807) is 7.05 Å². The van der Waals surface area contributed by atoms with Crippen molar-refractivity contribution in [3.63, 3.8) is 0 Å². The number of amides is 1. The van der Waals surface area contributed by atoms with E-state index in [4.69, 9.17) is 0 Å². The second-order valence-electron chi connectivity index (χ2n) is 4.70. The first-order valence-electron chi connectivity index (χ1n) is 6.36. The molecular weight excluding hydrogens is 262 g/mol. The van der Waals surface area contributed by atoms with Crippen LogP contribution in [0.3, 0.4) is 0 Å². The third-order valence-electron chi connectivity index (χ3n) is 2.79. The number of rotatable bonds is 7. The van der Waals surface area contributed by atoms with Crippen molar-refractivity contribution in [3.05, 3.63) is 30.3 Å². The van der Waals surface area contributed by atoms with Gasteiger partial charge in [0.2, 0.25) is 5.91 Å². The van der Waals surface area contributed by atoms with Crippen molar-refractivity contribution in [3.8, 4) is 0 Å². The Kier molecular flexibility index (Phi) is 9.00. The van der Waals surface area contributed by atoms with Crippen LogP contribution in [-0.2, 0) is 4.79 Å². The molecule has 19 heavy (non-hydrogen) atoms. The molecule has 0 aliphatic carbocycles. The van der Waals surface area contributed by atoms with Gasteiger partial charge in [-0.3, -0.25) is 4.79 Å². The van der Waals surface area contributed by atoms with E-state index in [0.717, 1.165) is 5.69 Å². The first-order valence-corrected chi connectivity index (χ1v) is 6.36.